The summed E-state index contributed by atoms with van der Waals surface area (Å²) in [6.45, 7) is -0.0235. The van der Waals surface area contributed by atoms with Crippen molar-refractivity contribution in [2.24, 2.45) is 0 Å². The minimum atomic E-state index is -0.826. The first-order chi connectivity index (χ1) is 12.5. The third-order valence-corrected chi connectivity index (χ3v) is 3.68. The van der Waals surface area contributed by atoms with Gasteiger partial charge in [-0.3, -0.25) is 14.9 Å². The van der Waals surface area contributed by atoms with Crippen LogP contribution < -0.4 is 5.56 Å². The van der Waals surface area contributed by atoms with Crippen molar-refractivity contribution in [1.29, 1.82) is 0 Å². The predicted molar refractivity (Wildman–Crippen MR) is 91.4 cm³/mol. The van der Waals surface area contributed by atoms with Gasteiger partial charge in [0.1, 0.15) is 0 Å². The molecule has 0 aliphatic carbocycles. The SMILES string of the molecule is COC(=O)c1cc([N+](=O)[O-])c(=O)n(Cc2ccn(-c3ccccc3)n2)c1. The Labute approximate surface area is 147 Å². The van der Waals surface area contributed by atoms with Gasteiger partial charge in [-0.15, -0.1) is 0 Å². The molecule has 0 saturated carbocycles. The number of nitrogens with zero attached hydrogens (tertiary/aromatic N) is 4. The molecule has 26 heavy (non-hydrogen) atoms. The number of para-hydroxylation sites is 1. The van der Waals surface area contributed by atoms with Gasteiger partial charge in [0, 0.05) is 18.5 Å². The molecule has 132 valence electrons. The van der Waals surface area contributed by atoms with Crippen molar-refractivity contribution in [2.75, 3.05) is 7.11 Å². The Hall–Kier alpha value is -3.75. The van der Waals surface area contributed by atoms with Gasteiger partial charge in [0.25, 0.3) is 0 Å². The van der Waals surface area contributed by atoms with E-state index in [4.69, 9.17) is 0 Å². The lowest BCUT2D eigenvalue weighted by atomic mass is 10.2. The first kappa shape index (κ1) is 17.1. The van der Waals surface area contributed by atoms with Gasteiger partial charge in [0.05, 0.1) is 35.5 Å². The molecule has 1 aromatic carbocycles. The summed E-state index contributed by atoms with van der Waals surface area (Å²) in [5.41, 5.74) is -0.263. The molecule has 9 heteroatoms. The van der Waals surface area contributed by atoms with Gasteiger partial charge in [-0.05, 0) is 18.2 Å². The Kier molecular flexibility index (Phi) is 4.61. The average molecular weight is 354 g/mol. The third-order valence-electron chi connectivity index (χ3n) is 3.68. The molecule has 3 rings (SSSR count). The van der Waals surface area contributed by atoms with E-state index in [2.05, 4.69) is 9.84 Å². The van der Waals surface area contributed by atoms with Crippen molar-refractivity contribution in [1.82, 2.24) is 14.3 Å². The van der Waals surface area contributed by atoms with E-state index in [-0.39, 0.29) is 12.1 Å². The van der Waals surface area contributed by atoms with Crippen molar-refractivity contribution in [3.8, 4) is 5.69 Å². The smallest absolute Gasteiger partial charge is 0.339 e. The van der Waals surface area contributed by atoms with Gasteiger partial charge >= 0.3 is 17.2 Å². The number of hydrogen-bond acceptors (Lipinski definition) is 6. The van der Waals surface area contributed by atoms with Gasteiger partial charge in [0.2, 0.25) is 0 Å². The lowest BCUT2D eigenvalue weighted by Crippen LogP contribution is -2.24. The van der Waals surface area contributed by atoms with Crippen molar-refractivity contribution >= 4 is 11.7 Å². The van der Waals surface area contributed by atoms with Gasteiger partial charge in [-0.2, -0.15) is 5.10 Å². The number of carbonyl (C=O) groups is 1. The number of carbonyl (C=O) groups excluding carboxylic acids is 1. The molecule has 0 amide bonds. The molecule has 9 nitrogen and oxygen atoms in total. The van der Waals surface area contributed by atoms with Crippen molar-refractivity contribution in [3.63, 3.8) is 0 Å². The molecular weight excluding hydrogens is 340 g/mol. The topological polar surface area (TPSA) is 109 Å². The molecule has 0 saturated heterocycles. The Morgan fingerprint density at radius 2 is 2.00 bits per heavy atom. The molecule has 0 aliphatic heterocycles. The van der Waals surface area contributed by atoms with E-state index < -0.39 is 22.1 Å². The number of esters is 1. The molecule has 2 aromatic heterocycles. The van der Waals surface area contributed by atoms with E-state index in [1.165, 1.54) is 6.20 Å². The lowest BCUT2D eigenvalue weighted by molar-refractivity contribution is -0.386. The summed E-state index contributed by atoms with van der Waals surface area (Å²) in [7, 11) is 1.16. The van der Waals surface area contributed by atoms with Gasteiger partial charge in [0.15, 0.2) is 0 Å². The summed E-state index contributed by atoms with van der Waals surface area (Å²) in [6, 6.07) is 11.9. The van der Waals surface area contributed by atoms with Crippen LogP contribution in [0.2, 0.25) is 0 Å². The number of ether oxygens (including phenoxy) is 1. The van der Waals surface area contributed by atoms with Gasteiger partial charge in [-0.1, -0.05) is 18.2 Å². The van der Waals surface area contributed by atoms with Crippen LogP contribution in [-0.2, 0) is 11.3 Å². The van der Waals surface area contributed by atoms with E-state index in [1.54, 1.807) is 16.9 Å². The summed E-state index contributed by atoms with van der Waals surface area (Å²) in [5, 5.41) is 15.5. The van der Waals surface area contributed by atoms with E-state index in [1.807, 2.05) is 30.3 Å². The van der Waals surface area contributed by atoms with Crippen molar-refractivity contribution in [2.45, 2.75) is 6.54 Å². The number of pyridine rings is 1. The molecule has 0 spiro atoms. The molecule has 2 heterocycles. The summed E-state index contributed by atoms with van der Waals surface area (Å²) < 4.78 is 7.28. The van der Waals surface area contributed by atoms with Crippen molar-refractivity contribution in [3.05, 3.63) is 86.6 Å². The maximum absolute atomic E-state index is 12.3. The van der Waals surface area contributed by atoms with Crippen LogP contribution >= 0.6 is 0 Å². The lowest BCUT2D eigenvalue weighted by Gasteiger charge is -2.06. The highest BCUT2D eigenvalue weighted by molar-refractivity contribution is 5.89. The van der Waals surface area contributed by atoms with E-state index in [0.29, 0.717) is 5.69 Å². The number of nitro groups is 1. The fourth-order valence-corrected chi connectivity index (χ4v) is 2.44. The van der Waals surface area contributed by atoms with Crippen LogP contribution in [0.5, 0.6) is 0 Å². The average Bonchev–Trinajstić information content (AvgIpc) is 3.11. The molecule has 0 atom stereocenters. The van der Waals surface area contributed by atoms with Crippen LogP contribution in [0.15, 0.2) is 59.7 Å². The summed E-state index contributed by atoms with van der Waals surface area (Å²) in [6.07, 6.45) is 2.94. The molecule has 3 aromatic rings. The van der Waals surface area contributed by atoms with Crippen LogP contribution in [0.25, 0.3) is 5.69 Å². The van der Waals surface area contributed by atoms with Crippen molar-refractivity contribution < 1.29 is 14.5 Å². The second kappa shape index (κ2) is 7.01. The van der Waals surface area contributed by atoms with E-state index >= 15 is 0 Å². The Morgan fingerprint density at radius 3 is 2.65 bits per heavy atom. The van der Waals surface area contributed by atoms with E-state index in [9.17, 15) is 19.7 Å². The first-order valence-electron chi connectivity index (χ1n) is 7.57. The molecule has 0 bridgehead atoms. The van der Waals surface area contributed by atoms with Crippen LogP contribution in [0, 0.1) is 10.1 Å². The minimum Gasteiger partial charge on any atom is -0.465 e. The Bertz CT molecular complexity index is 1020. The summed E-state index contributed by atoms with van der Waals surface area (Å²) >= 11 is 0. The zero-order chi connectivity index (χ0) is 18.7. The zero-order valence-corrected chi connectivity index (χ0v) is 13.7. The van der Waals surface area contributed by atoms with Gasteiger partial charge in [-0.25, -0.2) is 9.48 Å². The number of hydrogen-bond donors (Lipinski definition) is 0. The van der Waals surface area contributed by atoms with Crippen LogP contribution in [0.3, 0.4) is 0 Å². The fraction of sp³-hybridized carbons (Fsp3) is 0.118. The number of aromatic nitrogens is 3. The second-order valence-corrected chi connectivity index (χ2v) is 5.38. The summed E-state index contributed by atoms with van der Waals surface area (Å²) in [5.74, 6) is -0.767. The molecular formula is C17H14N4O5. The second-order valence-electron chi connectivity index (χ2n) is 5.38. The largest absolute Gasteiger partial charge is 0.465 e. The first-order valence-corrected chi connectivity index (χ1v) is 7.57. The minimum absolute atomic E-state index is 0.0235. The van der Waals surface area contributed by atoms with Crippen LogP contribution in [-0.4, -0.2) is 32.3 Å². The van der Waals surface area contributed by atoms with Crippen LogP contribution in [0.4, 0.5) is 5.69 Å². The Balaban J connectivity index is 1.98. The zero-order valence-electron chi connectivity index (χ0n) is 13.7. The monoisotopic (exact) mass is 354 g/mol. The number of benzene rings is 1. The highest BCUT2D eigenvalue weighted by atomic mass is 16.6. The highest BCUT2D eigenvalue weighted by Gasteiger charge is 2.20. The highest BCUT2D eigenvalue weighted by Crippen LogP contribution is 2.12. The molecule has 0 N–H and O–H groups in total. The maximum atomic E-state index is 12.3. The maximum Gasteiger partial charge on any atom is 0.339 e. The molecule has 0 radical (unpaired) electrons. The molecule has 0 aliphatic rings. The van der Waals surface area contributed by atoms with E-state index in [0.717, 1.165) is 23.4 Å². The standard InChI is InChI=1S/C17H14N4O5/c1-26-17(23)12-9-15(21(24)25)16(22)19(10-12)11-13-7-8-20(18-13)14-5-3-2-4-6-14/h2-10H,11H2,1H3. The Morgan fingerprint density at radius 1 is 1.27 bits per heavy atom. The number of rotatable bonds is 5. The normalized spacial score (nSPS) is 10.5. The quantitative estimate of drug-likeness (QED) is 0.392. The molecule has 0 unspecified atom stereocenters. The summed E-state index contributed by atoms with van der Waals surface area (Å²) in [4.78, 5) is 34.3. The van der Waals surface area contributed by atoms with Crippen LogP contribution in [0.1, 0.15) is 16.1 Å². The molecule has 0 fully saturated rings. The third kappa shape index (κ3) is 3.36. The van der Waals surface area contributed by atoms with Gasteiger partial charge < -0.3 is 9.30 Å². The number of methoxy groups -OCH3 is 1. The fourth-order valence-electron chi connectivity index (χ4n) is 2.44. The predicted octanol–water partition coefficient (Wildman–Crippen LogP) is 1.78.